The molecule has 1 aliphatic carbocycles. The number of hydrogen-bond donors (Lipinski definition) is 1. The number of rotatable bonds is 4. The van der Waals surface area contributed by atoms with E-state index in [0.29, 0.717) is 6.04 Å². The molecule has 1 aliphatic heterocycles. The van der Waals surface area contributed by atoms with Gasteiger partial charge in [0.25, 0.3) is 0 Å². The molecule has 4 rings (SSSR count). The Hall–Kier alpha value is -2.43. The van der Waals surface area contributed by atoms with Gasteiger partial charge in [-0.2, -0.15) is 0 Å². The van der Waals surface area contributed by atoms with Crippen LogP contribution in [0.3, 0.4) is 0 Å². The summed E-state index contributed by atoms with van der Waals surface area (Å²) in [4.78, 5) is 23.3. The van der Waals surface area contributed by atoms with Crippen LogP contribution in [0.15, 0.2) is 36.7 Å². The van der Waals surface area contributed by atoms with Crippen molar-refractivity contribution in [3.8, 4) is 11.3 Å². The van der Waals surface area contributed by atoms with Gasteiger partial charge >= 0.3 is 0 Å². The summed E-state index contributed by atoms with van der Waals surface area (Å²) in [5.41, 5.74) is 3.29. The van der Waals surface area contributed by atoms with Gasteiger partial charge < -0.3 is 10.2 Å². The third-order valence-corrected chi connectivity index (χ3v) is 5.11. The van der Waals surface area contributed by atoms with Crippen molar-refractivity contribution < 1.29 is 4.79 Å². The average Bonchev–Trinajstić information content (AvgIpc) is 3.46. The van der Waals surface area contributed by atoms with Crippen molar-refractivity contribution in [2.24, 2.45) is 5.92 Å². The summed E-state index contributed by atoms with van der Waals surface area (Å²) >= 11 is 0. The second-order valence-corrected chi connectivity index (χ2v) is 7.17. The Kier molecular flexibility index (Phi) is 4.38. The summed E-state index contributed by atoms with van der Waals surface area (Å²) in [7, 11) is 0. The number of nitrogens with one attached hydrogen (secondary N) is 1. The minimum Gasteiger partial charge on any atom is -0.356 e. The molecule has 5 heteroatoms. The largest absolute Gasteiger partial charge is 0.356 e. The van der Waals surface area contributed by atoms with Crippen LogP contribution in [0.25, 0.3) is 11.3 Å². The molecule has 1 saturated carbocycles. The van der Waals surface area contributed by atoms with E-state index >= 15 is 0 Å². The van der Waals surface area contributed by atoms with Gasteiger partial charge in [0.1, 0.15) is 12.1 Å². The molecule has 0 unspecified atom stereocenters. The number of anilines is 1. The van der Waals surface area contributed by atoms with E-state index < -0.39 is 0 Å². The highest BCUT2D eigenvalue weighted by Gasteiger charge is 2.30. The molecule has 0 atom stereocenters. The Labute approximate surface area is 148 Å². The van der Waals surface area contributed by atoms with Crippen molar-refractivity contribution in [3.05, 3.63) is 42.2 Å². The Morgan fingerprint density at radius 3 is 2.48 bits per heavy atom. The second-order valence-electron chi connectivity index (χ2n) is 7.17. The number of benzene rings is 1. The molecule has 5 nitrogen and oxygen atoms in total. The smallest absolute Gasteiger partial charge is 0.223 e. The summed E-state index contributed by atoms with van der Waals surface area (Å²) < 4.78 is 0. The Morgan fingerprint density at radius 2 is 1.80 bits per heavy atom. The highest BCUT2D eigenvalue weighted by Crippen LogP contribution is 2.26. The lowest BCUT2D eigenvalue weighted by atomic mass is 9.96. The monoisotopic (exact) mass is 336 g/mol. The van der Waals surface area contributed by atoms with E-state index in [1.165, 1.54) is 5.56 Å². The fourth-order valence-corrected chi connectivity index (χ4v) is 3.32. The Morgan fingerprint density at radius 1 is 1.08 bits per heavy atom. The van der Waals surface area contributed by atoms with Crippen LogP contribution in [0.4, 0.5) is 5.82 Å². The topological polar surface area (TPSA) is 58.1 Å². The minimum atomic E-state index is 0.148. The maximum absolute atomic E-state index is 12.2. The van der Waals surface area contributed by atoms with Crippen LogP contribution in [0.5, 0.6) is 0 Å². The van der Waals surface area contributed by atoms with Crippen LogP contribution in [-0.4, -0.2) is 35.0 Å². The first-order valence-electron chi connectivity index (χ1n) is 9.13. The molecule has 0 spiro atoms. The average molecular weight is 336 g/mol. The molecule has 1 aromatic heterocycles. The molecular formula is C20H24N4O. The van der Waals surface area contributed by atoms with Crippen molar-refractivity contribution in [1.82, 2.24) is 15.3 Å². The van der Waals surface area contributed by atoms with Gasteiger partial charge in [-0.1, -0.05) is 29.8 Å². The first-order valence-corrected chi connectivity index (χ1v) is 9.13. The molecule has 1 amide bonds. The van der Waals surface area contributed by atoms with Crippen molar-refractivity contribution >= 4 is 11.7 Å². The SMILES string of the molecule is Cc1ccc(-c2cc(N3CCC(C(=O)NC4CC4)CC3)ncn2)cc1. The lowest BCUT2D eigenvalue weighted by molar-refractivity contribution is -0.125. The number of hydrogen-bond acceptors (Lipinski definition) is 4. The molecular weight excluding hydrogens is 312 g/mol. The first-order chi connectivity index (χ1) is 12.2. The van der Waals surface area contributed by atoms with Crippen LogP contribution in [0.2, 0.25) is 0 Å². The highest BCUT2D eigenvalue weighted by molar-refractivity contribution is 5.79. The zero-order valence-corrected chi connectivity index (χ0v) is 14.6. The lowest BCUT2D eigenvalue weighted by Crippen LogP contribution is -2.41. The van der Waals surface area contributed by atoms with E-state index in [0.717, 1.165) is 55.8 Å². The normalized spacial score (nSPS) is 18.2. The van der Waals surface area contributed by atoms with E-state index in [1.807, 2.05) is 0 Å². The van der Waals surface area contributed by atoms with E-state index in [9.17, 15) is 4.79 Å². The van der Waals surface area contributed by atoms with Gasteiger partial charge in [0.05, 0.1) is 5.69 Å². The second kappa shape index (κ2) is 6.82. The number of nitrogens with zero attached hydrogens (tertiary/aromatic N) is 3. The fraction of sp³-hybridized carbons (Fsp3) is 0.450. The number of carbonyl (C=O) groups excluding carboxylic acids is 1. The number of piperidine rings is 1. The van der Waals surface area contributed by atoms with Gasteiger partial charge in [-0.15, -0.1) is 0 Å². The molecule has 0 bridgehead atoms. The van der Waals surface area contributed by atoms with Crippen LogP contribution in [0, 0.1) is 12.8 Å². The van der Waals surface area contributed by atoms with Gasteiger partial charge in [0, 0.05) is 36.7 Å². The molecule has 1 N–H and O–H groups in total. The van der Waals surface area contributed by atoms with Gasteiger partial charge in [-0.05, 0) is 32.6 Å². The minimum absolute atomic E-state index is 0.148. The van der Waals surface area contributed by atoms with Crippen LogP contribution in [-0.2, 0) is 4.79 Å². The van der Waals surface area contributed by atoms with Gasteiger partial charge in [0.2, 0.25) is 5.91 Å². The maximum Gasteiger partial charge on any atom is 0.223 e. The summed E-state index contributed by atoms with van der Waals surface area (Å²) in [5.74, 6) is 1.34. The first kappa shape index (κ1) is 16.1. The molecule has 2 aliphatic rings. The van der Waals surface area contributed by atoms with Crippen LogP contribution >= 0.6 is 0 Å². The van der Waals surface area contributed by atoms with Crippen LogP contribution < -0.4 is 10.2 Å². The summed E-state index contributed by atoms with van der Waals surface area (Å²) in [6, 6.07) is 10.9. The predicted molar refractivity (Wildman–Crippen MR) is 98.3 cm³/mol. The van der Waals surface area contributed by atoms with E-state index in [1.54, 1.807) is 6.33 Å². The summed E-state index contributed by atoms with van der Waals surface area (Å²) in [6.07, 6.45) is 5.71. The molecule has 1 aromatic carbocycles. The van der Waals surface area contributed by atoms with Crippen molar-refractivity contribution in [3.63, 3.8) is 0 Å². The number of aryl methyl sites for hydroxylation is 1. The fourth-order valence-electron chi connectivity index (χ4n) is 3.32. The van der Waals surface area contributed by atoms with Crippen molar-refractivity contribution in [2.75, 3.05) is 18.0 Å². The van der Waals surface area contributed by atoms with Gasteiger partial charge in [-0.25, -0.2) is 9.97 Å². The third kappa shape index (κ3) is 3.81. The molecule has 0 radical (unpaired) electrons. The van der Waals surface area contributed by atoms with E-state index in [2.05, 4.69) is 57.4 Å². The third-order valence-electron chi connectivity index (χ3n) is 5.11. The van der Waals surface area contributed by atoms with Gasteiger partial charge in [0.15, 0.2) is 0 Å². The molecule has 2 fully saturated rings. The molecule has 2 aromatic rings. The van der Waals surface area contributed by atoms with E-state index in [-0.39, 0.29) is 11.8 Å². The lowest BCUT2D eigenvalue weighted by Gasteiger charge is -2.32. The van der Waals surface area contributed by atoms with E-state index in [4.69, 9.17) is 0 Å². The highest BCUT2D eigenvalue weighted by atomic mass is 16.2. The number of aromatic nitrogens is 2. The zero-order valence-electron chi connectivity index (χ0n) is 14.6. The molecule has 25 heavy (non-hydrogen) atoms. The standard InChI is InChI=1S/C20H24N4O/c1-14-2-4-15(5-3-14)18-12-19(22-13-21-18)24-10-8-16(9-11-24)20(25)23-17-6-7-17/h2-5,12-13,16-17H,6-11H2,1H3,(H,23,25). The molecule has 130 valence electrons. The van der Waals surface area contributed by atoms with Crippen molar-refractivity contribution in [2.45, 2.75) is 38.6 Å². The van der Waals surface area contributed by atoms with Crippen molar-refractivity contribution in [1.29, 1.82) is 0 Å². The molecule has 1 saturated heterocycles. The molecule has 2 heterocycles. The summed E-state index contributed by atoms with van der Waals surface area (Å²) in [6.45, 7) is 3.82. The quantitative estimate of drug-likeness (QED) is 0.933. The Balaban J connectivity index is 1.41. The summed E-state index contributed by atoms with van der Waals surface area (Å²) in [5, 5.41) is 3.13. The van der Waals surface area contributed by atoms with Crippen LogP contribution in [0.1, 0.15) is 31.2 Å². The number of amides is 1. The van der Waals surface area contributed by atoms with Gasteiger partial charge in [-0.3, -0.25) is 4.79 Å². The Bertz CT molecular complexity index is 747. The zero-order chi connectivity index (χ0) is 17.2. The maximum atomic E-state index is 12.2. The number of carbonyl (C=O) groups is 1. The predicted octanol–water partition coefficient (Wildman–Crippen LogP) is 2.95.